The van der Waals surface area contributed by atoms with Crippen LogP contribution in [0.2, 0.25) is 0 Å². The van der Waals surface area contributed by atoms with Gasteiger partial charge in [0.15, 0.2) is 0 Å². The summed E-state index contributed by atoms with van der Waals surface area (Å²) in [4.78, 5) is 23.8. The predicted octanol–water partition coefficient (Wildman–Crippen LogP) is 0.750. The van der Waals surface area contributed by atoms with Gasteiger partial charge in [0, 0.05) is 20.0 Å². The van der Waals surface area contributed by atoms with Crippen molar-refractivity contribution in [3.05, 3.63) is 35.9 Å². The van der Waals surface area contributed by atoms with Crippen LogP contribution in [0.5, 0.6) is 0 Å². The number of nitrogens with one attached hydrogen (secondary N) is 1. The molecule has 0 bridgehead atoms. The summed E-state index contributed by atoms with van der Waals surface area (Å²) < 4.78 is 0. The average Bonchev–Trinajstić information content (AvgIpc) is 2.36. The van der Waals surface area contributed by atoms with Gasteiger partial charge in [0.25, 0.3) is 0 Å². The van der Waals surface area contributed by atoms with Crippen LogP contribution in [0.15, 0.2) is 30.3 Å². The van der Waals surface area contributed by atoms with Crippen LogP contribution in [0.3, 0.4) is 0 Å². The zero-order valence-electron chi connectivity index (χ0n) is 11.3. The Kier molecular flexibility index (Phi) is 6.02. The molecule has 5 nitrogen and oxygen atoms in total. The molecule has 0 aromatic heterocycles. The lowest BCUT2D eigenvalue weighted by Crippen LogP contribution is -2.47. The molecule has 0 aliphatic heterocycles. The molecular formula is C14H20N2O3. The normalized spacial score (nSPS) is 12.2. The fraction of sp³-hybridized carbons (Fsp3) is 0.429. The molecule has 1 aromatic rings. The van der Waals surface area contributed by atoms with Crippen LogP contribution >= 0.6 is 0 Å². The Morgan fingerprint density at radius 1 is 1.32 bits per heavy atom. The number of hydrogen-bond donors (Lipinski definition) is 2. The van der Waals surface area contributed by atoms with E-state index < -0.39 is 12.0 Å². The molecule has 0 saturated carbocycles. The van der Waals surface area contributed by atoms with Crippen molar-refractivity contribution >= 4 is 11.9 Å². The zero-order valence-corrected chi connectivity index (χ0v) is 11.3. The summed E-state index contributed by atoms with van der Waals surface area (Å²) in [6, 6.07) is 9.13. The second-order valence-corrected chi connectivity index (χ2v) is 4.59. The lowest BCUT2D eigenvalue weighted by molar-refractivity contribution is -0.142. The van der Waals surface area contributed by atoms with E-state index in [4.69, 9.17) is 5.11 Å². The molecule has 1 atom stereocenters. The highest BCUT2D eigenvalue weighted by atomic mass is 16.4. The van der Waals surface area contributed by atoms with Gasteiger partial charge in [-0.15, -0.1) is 0 Å². The highest BCUT2D eigenvalue weighted by Gasteiger charge is 2.19. The molecule has 0 saturated heterocycles. The highest BCUT2D eigenvalue weighted by molar-refractivity contribution is 5.82. The van der Waals surface area contributed by atoms with Gasteiger partial charge in [-0.05, 0) is 19.0 Å². The summed E-state index contributed by atoms with van der Waals surface area (Å²) in [6.07, 6.45) is 0.851. The first-order valence-corrected chi connectivity index (χ1v) is 6.21. The van der Waals surface area contributed by atoms with Crippen molar-refractivity contribution in [3.63, 3.8) is 0 Å². The lowest BCUT2D eigenvalue weighted by atomic mass is 10.1. The Morgan fingerprint density at radius 2 is 1.95 bits per heavy atom. The van der Waals surface area contributed by atoms with Crippen molar-refractivity contribution in [1.82, 2.24) is 10.2 Å². The standard InChI is InChI=1S/C14H20N2O3/c1-11(17)15-13(14(18)19)10-16(2)9-8-12-6-4-3-5-7-12/h3-7,13H,8-10H2,1-2H3,(H,15,17)(H,18,19). The highest BCUT2D eigenvalue weighted by Crippen LogP contribution is 2.01. The monoisotopic (exact) mass is 264 g/mol. The molecule has 0 radical (unpaired) electrons. The van der Waals surface area contributed by atoms with E-state index in [2.05, 4.69) is 5.32 Å². The first kappa shape index (κ1) is 15.2. The van der Waals surface area contributed by atoms with E-state index in [0.29, 0.717) is 6.54 Å². The molecule has 0 fully saturated rings. The summed E-state index contributed by atoms with van der Waals surface area (Å²) in [6.45, 7) is 2.36. The number of benzene rings is 1. The van der Waals surface area contributed by atoms with E-state index in [9.17, 15) is 9.59 Å². The fourth-order valence-electron chi connectivity index (χ4n) is 1.80. The lowest BCUT2D eigenvalue weighted by Gasteiger charge is -2.21. The van der Waals surface area contributed by atoms with E-state index in [0.717, 1.165) is 13.0 Å². The van der Waals surface area contributed by atoms with Crippen LogP contribution in [0.25, 0.3) is 0 Å². The summed E-state index contributed by atoms with van der Waals surface area (Å²) in [7, 11) is 1.85. The topological polar surface area (TPSA) is 69.6 Å². The van der Waals surface area contributed by atoms with E-state index >= 15 is 0 Å². The molecule has 0 aliphatic carbocycles. The first-order valence-electron chi connectivity index (χ1n) is 6.21. The maximum atomic E-state index is 11.0. The summed E-state index contributed by atoms with van der Waals surface area (Å²) in [5, 5.41) is 11.4. The fourth-order valence-corrected chi connectivity index (χ4v) is 1.80. The van der Waals surface area contributed by atoms with Crippen molar-refractivity contribution in [3.8, 4) is 0 Å². The maximum Gasteiger partial charge on any atom is 0.327 e. The number of amides is 1. The Labute approximate surface area is 113 Å². The largest absolute Gasteiger partial charge is 0.480 e. The van der Waals surface area contributed by atoms with E-state index in [1.54, 1.807) is 0 Å². The van der Waals surface area contributed by atoms with Gasteiger partial charge in [0.2, 0.25) is 5.91 Å². The minimum Gasteiger partial charge on any atom is -0.480 e. The minimum absolute atomic E-state index is 0.293. The maximum absolute atomic E-state index is 11.0. The number of hydrogen-bond acceptors (Lipinski definition) is 3. The van der Waals surface area contributed by atoms with Crippen molar-refractivity contribution in [1.29, 1.82) is 0 Å². The number of nitrogens with zero attached hydrogens (tertiary/aromatic N) is 1. The molecule has 2 N–H and O–H groups in total. The molecule has 5 heteroatoms. The molecule has 0 heterocycles. The third-order valence-electron chi connectivity index (χ3n) is 2.79. The van der Waals surface area contributed by atoms with Gasteiger partial charge in [-0.3, -0.25) is 4.79 Å². The molecule has 0 aliphatic rings. The number of carbonyl (C=O) groups is 2. The van der Waals surface area contributed by atoms with Crippen molar-refractivity contribution in [2.24, 2.45) is 0 Å². The minimum atomic E-state index is -1.01. The molecule has 1 unspecified atom stereocenters. The van der Waals surface area contributed by atoms with Gasteiger partial charge in [0.1, 0.15) is 6.04 Å². The third-order valence-corrected chi connectivity index (χ3v) is 2.79. The van der Waals surface area contributed by atoms with E-state index in [1.165, 1.54) is 12.5 Å². The summed E-state index contributed by atoms with van der Waals surface area (Å²) >= 11 is 0. The Bertz CT molecular complexity index is 420. The van der Waals surface area contributed by atoms with E-state index in [1.807, 2.05) is 42.3 Å². The predicted molar refractivity (Wildman–Crippen MR) is 72.9 cm³/mol. The summed E-state index contributed by atoms with van der Waals surface area (Å²) in [5.74, 6) is -1.34. The SMILES string of the molecule is CC(=O)NC(CN(C)CCc1ccccc1)C(=O)O. The van der Waals surface area contributed by atoms with Gasteiger partial charge in [-0.2, -0.15) is 0 Å². The number of carboxylic acid groups (broad SMARTS) is 1. The molecule has 19 heavy (non-hydrogen) atoms. The van der Waals surface area contributed by atoms with Crippen molar-refractivity contribution in [2.75, 3.05) is 20.1 Å². The van der Waals surface area contributed by atoms with Crippen LogP contribution in [0, 0.1) is 0 Å². The number of carboxylic acids is 1. The molecule has 0 spiro atoms. The Hall–Kier alpha value is -1.88. The van der Waals surface area contributed by atoms with Gasteiger partial charge in [0.05, 0.1) is 0 Å². The number of rotatable bonds is 7. The van der Waals surface area contributed by atoms with Crippen LogP contribution in [0.4, 0.5) is 0 Å². The van der Waals surface area contributed by atoms with Crippen LogP contribution in [0.1, 0.15) is 12.5 Å². The molecule has 1 aromatic carbocycles. The Balaban J connectivity index is 2.42. The van der Waals surface area contributed by atoms with Gasteiger partial charge in [-0.1, -0.05) is 30.3 Å². The number of aliphatic carboxylic acids is 1. The van der Waals surface area contributed by atoms with Crippen LogP contribution < -0.4 is 5.32 Å². The molecular weight excluding hydrogens is 244 g/mol. The second kappa shape index (κ2) is 7.53. The molecule has 104 valence electrons. The van der Waals surface area contributed by atoms with Crippen molar-refractivity contribution < 1.29 is 14.7 Å². The number of carbonyl (C=O) groups excluding carboxylic acids is 1. The zero-order chi connectivity index (χ0) is 14.3. The quantitative estimate of drug-likeness (QED) is 0.762. The van der Waals surface area contributed by atoms with Gasteiger partial charge >= 0.3 is 5.97 Å². The van der Waals surface area contributed by atoms with Crippen LogP contribution in [-0.2, 0) is 16.0 Å². The van der Waals surface area contributed by atoms with Gasteiger partial charge in [-0.25, -0.2) is 4.79 Å². The smallest absolute Gasteiger partial charge is 0.327 e. The summed E-state index contributed by atoms with van der Waals surface area (Å²) in [5.41, 5.74) is 1.21. The first-order chi connectivity index (χ1) is 8.99. The van der Waals surface area contributed by atoms with E-state index in [-0.39, 0.29) is 5.91 Å². The Morgan fingerprint density at radius 3 is 2.47 bits per heavy atom. The number of likely N-dealkylation sites (N-methyl/N-ethyl adjacent to an activating group) is 1. The van der Waals surface area contributed by atoms with Crippen LogP contribution in [-0.4, -0.2) is 48.1 Å². The van der Waals surface area contributed by atoms with Gasteiger partial charge < -0.3 is 15.3 Å². The second-order valence-electron chi connectivity index (χ2n) is 4.59. The average molecular weight is 264 g/mol. The third kappa shape index (κ3) is 6.01. The van der Waals surface area contributed by atoms with Crippen molar-refractivity contribution in [2.45, 2.75) is 19.4 Å². The molecule has 1 rings (SSSR count). The molecule has 1 amide bonds.